The summed E-state index contributed by atoms with van der Waals surface area (Å²) in [6.45, 7) is 7.20. The van der Waals surface area contributed by atoms with Crippen molar-refractivity contribution in [2.24, 2.45) is 0 Å². The Morgan fingerprint density at radius 1 is 1.11 bits per heavy atom. The average molecular weight is 541 g/mol. The van der Waals surface area contributed by atoms with Crippen molar-refractivity contribution >= 4 is 22.0 Å². The van der Waals surface area contributed by atoms with Crippen LogP contribution in [0.2, 0.25) is 0 Å². The summed E-state index contributed by atoms with van der Waals surface area (Å²) >= 11 is 0. The minimum Gasteiger partial charge on any atom is -0.498 e. The highest BCUT2D eigenvalue weighted by Gasteiger charge is 2.32. The molecule has 0 saturated carbocycles. The summed E-state index contributed by atoms with van der Waals surface area (Å²) in [5.74, 6) is 0.961. The van der Waals surface area contributed by atoms with E-state index in [0.717, 1.165) is 5.56 Å². The highest BCUT2D eigenvalue weighted by molar-refractivity contribution is 7.86. The summed E-state index contributed by atoms with van der Waals surface area (Å²) in [6.07, 6.45) is 5.84. The lowest BCUT2D eigenvalue weighted by Crippen LogP contribution is -2.30. The lowest BCUT2D eigenvalue weighted by atomic mass is 9.97. The van der Waals surface area contributed by atoms with Crippen molar-refractivity contribution in [2.75, 3.05) is 13.2 Å². The molecule has 0 bridgehead atoms. The molecule has 2 aromatic carbocycles. The van der Waals surface area contributed by atoms with E-state index in [4.69, 9.17) is 18.4 Å². The molecule has 1 heterocycles. The van der Waals surface area contributed by atoms with Gasteiger partial charge in [-0.15, -0.1) is 0 Å². The van der Waals surface area contributed by atoms with Gasteiger partial charge in [0.25, 0.3) is 10.1 Å². The second-order valence-electron chi connectivity index (χ2n) is 9.62. The maximum absolute atomic E-state index is 13.3. The Kier molecular flexibility index (Phi) is 8.10. The highest BCUT2D eigenvalue weighted by atomic mass is 32.2. The molecule has 1 N–H and O–H groups in total. The Labute approximate surface area is 223 Å². The zero-order valence-electron chi connectivity index (χ0n) is 21.9. The van der Waals surface area contributed by atoms with E-state index >= 15 is 0 Å². The molecule has 0 aromatic heterocycles. The molecular weight excluding hydrogens is 508 g/mol. The third kappa shape index (κ3) is 6.18. The third-order valence-corrected chi connectivity index (χ3v) is 7.50. The maximum Gasteiger partial charge on any atom is 0.297 e. The fraction of sp³-hybridized carbons (Fsp3) is 0.345. The zero-order valence-corrected chi connectivity index (χ0v) is 22.7. The number of hydrogen-bond acceptors (Lipinski definition) is 8. The number of ether oxygens (including phenoxy) is 3. The molecule has 1 unspecified atom stereocenters. The van der Waals surface area contributed by atoms with Crippen molar-refractivity contribution in [2.45, 2.75) is 57.3 Å². The monoisotopic (exact) mass is 540 g/mol. The van der Waals surface area contributed by atoms with Gasteiger partial charge in [-0.2, -0.15) is 8.42 Å². The molecule has 202 valence electrons. The first-order chi connectivity index (χ1) is 18.0. The Balaban J connectivity index is 1.58. The molecule has 0 saturated heterocycles. The quantitative estimate of drug-likeness (QED) is 0.434. The molecule has 0 fully saturated rings. The standard InChI is InChI=1S/C29H32O8S/c1-5-34-21-9-12-23(27(16-21)37-38(32,33)22-10-6-19(2)7-11-22)25(31)18-35-28-20(17-30)8-13-26-24(28)14-15-29(3,4)36-26/h6-15,27,30H,5,16-18H2,1-4H3. The van der Waals surface area contributed by atoms with Gasteiger partial charge in [-0.25, -0.2) is 0 Å². The van der Waals surface area contributed by atoms with Gasteiger partial charge in [0.15, 0.2) is 12.4 Å². The van der Waals surface area contributed by atoms with E-state index in [1.54, 1.807) is 30.3 Å². The number of carbonyl (C=O) groups is 1. The minimum absolute atomic E-state index is 0.00289. The van der Waals surface area contributed by atoms with Gasteiger partial charge < -0.3 is 19.3 Å². The van der Waals surface area contributed by atoms with Crippen molar-refractivity contribution in [3.63, 3.8) is 0 Å². The molecule has 1 atom stereocenters. The molecule has 2 aromatic rings. The number of fused-ring (bicyclic) bond motifs is 1. The molecule has 9 heteroatoms. The van der Waals surface area contributed by atoms with E-state index in [9.17, 15) is 18.3 Å². The first-order valence-corrected chi connectivity index (χ1v) is 13.8. The van der Waals surface area contributed by atoms with Crippen molar-refractivity contribution in [3.8, 4) is 11.5 Å². The Morgan fingerprint density at radius 3 is 2.53 bits per heavy atom. The van der Waals surface area contributed by atoms with Crippen LogP contribution in [0.25, 0.3) is 6.08 Å². The largest absolute Gasteiger partial charge is 0.498 e. The molecule has 4 rings (SSSR count). The summed E-state index contributed by atoms with van der Waals surface area (Å²) in [4.78, 5) is 13.3. The van der Waals surface area contributed by atoms with Crippen LogP contribution in [0, 0.1) is 6.92 Å². The Morgan fingerprint density at radius 2 is 1.84 bits per heavy atom. The van der Waals surface area contributed by atoms with E-state index in [0.29, 0.717) is 35.0 Å². The van der Waals surface area contributed by atoms with E-state index in [1.807, 2.05) is 39.8 Å². The number of Topliss-reactive ketones (excluding diaryl/α,β-unsaturated/α-hetero) is 1. The van der Waals surface area contributed by atoms with Crippen LogP contribution in [0.3, 0.4) is 0 Å². The fourth-order valence-electron chi connectivity index (χ4n) is 4.21. The molecule has 2 aliphatic rings. The highest BCUT2D eigenvalue weighted by Crippen LogP contribution is 2.39. The number of benzene rings is 2. The average Bonchev–Trinajstić information content (AvgIpc) is 2.86. The lowest BCUT2D eigenvalue weighted by Gasteiger charge is -2.29. The summed E-state index contributed by atoms with van der Waals surface area (Å²) in [5.41, 5.74) is 1.66. The molecule has 0 spiro atoms. The summed E-state index contributed by atoms with van der Waals surface area (Å²) in [7, 11) is -4.16. The van der Waals surface area contributed by atoms with Crippen molar-refractivity contribution in [1.29, 1.82) is 0 Å². The van der Waals surface area contributed by atoms with Crippen LogP contribution < -0.4 is 9.47 Å². The third-order valence-electron chi connectivity index (χ3n) is 6.17. The predicted octanol–water partition coefficient (Wildman–Crippen LogP) is 4.64. The molecule has 8 nitrogen and oxygen atoms in total. The van der Waals surface area contributed by atoms with Gasteiger partial charge in [0.05, 0.1) is 29.4 Å². The number of carbonyl (C=O) groups excluding carboxylic acids is 1. The van der Waals surface area contributed by atoms with Crippen molar-refractivity contribution in [3.05, 3.63) is 82.6 Å². The van der Waals surface area contributed by atoms with Crippen LogP contribution >= 0.6 is 0 Å². The van der Waals surface area contributed by atoms with E-state index in [-0.39, 0.29) is 23.5 Å². The van der Waals surface area contributed by atoms with Crippen LogP contribution in [0.4, 0.5) is 0 Å². The summed E-state index contributed by atoms with van der Waals surface area (Å²) < 4.78 is 49.1. The number of aliphatic hydroxyl groups is 1. The molecule has 1 aliphatic heterocycles. The minimum atomic E-state index is -4.16. The van der Waals surface area contributed by atoms with E-state index in [2.05, 4.69) is 0 Å². The van der Waals surface area contributed by atoms with Crippen LogP contribution in [0.1, 0.15) is 43.9 Å². The van der Waals surface area contributed by atoms with E-state index in [1.165, 1.54) is 18.2 Å². The molecule has 0 radical (unpaired) electrons. The number of aliphatic hydroxyl groups excluding tert-OH is 1. The number of aryl methyl sites for hydroxylation is 1. The van der Waals surface area contributed by atoms with Gasteiger partial charge in [0.1, 0.15) is 23.2 Å². The number of rotatable bonds is 10. The fourth-order valence-corrected chi connectivity index (χ4v) is 5.26. The van der Waals surface area contributed by atoms with Gasteiger partial charge in [-0.1, -0.05) is 17.7 Å². The number of hydrogen-bond donors (Lipinski definition) is 1. The topological polar surface area (TPSA) is 108 Å². The summed E-state index contributed by atoms with van der Waals surface area (Å²) in [5, 5.41) is 9.86. The molecule has 1 aliphatic carbocycles. The van der Waals surface area contributed by atoms with Gasteiger partial charge in [-0.05, 0) is 76.3 Å². The van der Waals surface area contributed by atoms with Crippen LogP contribution in [0.15, 0.2) is 70.9 Å². The van der Waals surface area contributed by atoms with Gasteiger partial charge in [0.2, 0.25) is 0 Å². The smallest absolute Gasteiger partial charge is 0.297 e. The number of ketones is 1. The summed E-state index contributed by atoms with van der Waals surface area (Å²) in [6, 6.07) is 9.73. The Hall–Kier alpha value is -3.40. The van der Waals surface area contributed by atoms with Crippen LogP contribution in [0.5, 0.6) is 11.5 Å². The van der Waals surface area contributed by atoms with Crippen molar-refractivity contribution < 1.29 is 36.7 Å². The van der Waals surface area contributed by atoms with Gasteiger partial charge >= 0.3 is 0 Å². The predicted molar refractivity (Wildman–Crippen MR) is 142 cm³/mol. The number of allylic oxidation sites excluding steroid dienone is 2. The maximum atomic E-state index is 13.3. The molecule has 38 heavy (non-hydrogen) atoms. The Bertz CT molecular complexity index is 1400. The first kappa shape index (κ1) is 27.6. The normalized spacial score (nSPS) is 18.1. The molecule has 0 amide bonds. The van der Waals surface area contributed by atoms with Gasteiger partial charge in [0, 0.05) is 17.6 Å². The first-order valence-electron chi connectivity index (χ1n) is 12.4. The lowest BCUT2D eigenvalue weighted by molar-refractivity contribution is -0.118. The zero-order chi connectivity index (χ0) is 27.5. The van der Waals surface area contributed by atoms with E-state index < -0.39 is 34.2 Å². The molecular formula is C29H32O8S. The van der Waals surface area contributed by atoms with Crippen LogP contribution in [-0.2, 0) is 30.4 Å². The second kappa shape index (κ2) is 11.1. The van der Waals surface area contributed by atoms with Crippen LogP contribution in [-0.4, -0.2) is 44.2 Å². The van der Waals surface area contributed by atoms with Crippen molar-refractivity contribution in [1.82, 2.24) is 0 Å². The van der Waals surface area contributed by atoms with Gasteiger partial charge in [-0.3, -0.25) is 8.98 Å². The second-order valence-corrected chi connectivity index (χ2v) is 11.2. The SMILES string of the molecule is CCOC1=CC=C(C(=O)COc2c(CO)ccc3c2C=CC(C)(C)O3)C(OS(=O)(=O)c2ccc(C)cc2)C1.